The molecule has 1 heterocycles. The molecule has 0 saturated heterocycles. The summed E-state index contributed by atoms with van der Waals surface area (Å²) in [4.78, 5) is 11.1. The lowest BCUT2D eigenvalue weighted by Gasteiger charge is -2.01. The molecule has 0 fully saturated rings. The highest BCUT2D eigenvalue weighted by molar-refractivity contribution is 5.87. The van der Waals surface area contributed by atoms with Gasteiger partial charge < -0.3 is 5.11 Å². The van der Waals surface area contributed by atoms with Gasteiger partial charge in [0.05, 0.1) is 5.69 Å². The van der Waals surface area contributed by atoms with E-state index in [0.717, 1.165) is 18.2 Å². The van der Waals surface area contributed by atoms with Crippen LogP contribution in [0.15, 0.2) is 24.3 Å². The maximum absolute atomic E-state index is 13.6. The molecule has 0 radical (unpaired) electrons. The third kappa shape index (κ3) is 2.62. The largest absolute Gasteiger partial charge is 0.477 e. The summed E-state index contributed by atoms with van der Waals surface area (Å²) in [5.74, 6) is -2.39. The number of aryl methyl sites for hydroxylation is 1. The van der Waals surface area contributed by atoms with Gasteiger partial charge in [-0.25, -0.2) is 13.6 Å². The topological polar surface area (TPSA) is 55.1 Å². The number of rotatable bonds is 4. The van der Waals surface area contributed by atoms with Crippen molar-refractivity contribution in [3.63, 3.8) is 0 Å². The fourth-order valence-electron chi connectivity index (χ4n) is 1.80. The van der Waals surface area contributed by atoms with E-state index in [1.807, 2.05) is 6.92 Å². The quantitative estimate of drug-likeness (QED) is 0.925. The second kappa shape index (κ2) is 5.17. The molecule has 0 amide bonds. The average Bonchev–Trinajstić information content (AvgIpc) is 2.77. The Morgan fingerprint density at radius 3 is 2.74 bits per heavy atom. The van der Waals surface area contributed by atoms with Gasteiger partial charge in [-0.2, -0.15) is 5.10 Å². The van der Waals surface area contributed by atoms with E-state index >= 15 is 0 Å². The van der Waals surface area contributed by atoms with Gasteiger partial charge in [0.25, 0.3) is 0 Å². The lowest BCUT2D eigenvalue weighted by Crippen LogP contribution is -2.09. The van der Waals surface area contributed by atoms with E-state index < -0.39 is 17.6 Å². The van der Waals surface area contributed by atoms with E-state index in [9.17, 15) is 13.6 Å². The Kier molecular flexibility index (Phi) is 3.59. The Labute approximate surface area is 108 Å². The number of benzene rings is 1. The van der Waals surface area contributed by atoms with Crippen LogP contribution in [-0.2, 0) is 6.54 Å². The zero-order chi connectivity index (χ0) is 14.0. The van der Waals surface area contributed by atoms with Crippen molar-refractivity contribution < 1.29 is 18.7 Å². The normalized spacial score (nSPS) is 10.7. The molecule has 1 N–H and O–H groups in total. The maximum atomic E-state index is 13.6. The molecule has 2 rings (SSSR count). The van der Waals surface area contributed by atoms with Crippen molar-refractivity contribution in [2.45, 2.75) is 19.9 Å². The monoisotopic (exact) mass is 266 g/mol. The Balaban J connectivity index is 2.53. The van der Waals surface area contributed by atoms with Gasteiger partial charge in [-0.1, -0.05) is 6.92 Å². The molecule has 0 saturated carbocycles. The first-order valence-electron chi connectivity index (χ1n) is 5.79. The number of nitrogens with zero attached hydrogens (tertiary/aromatic N) is 2. The van der Waals surface area contributed by atoms with Crippen molar-refractivity contribution in [3.05, 3.63) is 41.6 Å². The summed E-state index contributed by atoms with van der Waals surface area (Å²) in [5, 5.41) is 13.1. The van der Waals surface area contributed by atoms with E-state index in [0.29, 0.717) is 13.0 Å². The van der Waals surface area contributed by atoms with Crippen LogP contribution < -0.4 is 0 Å². The van der Waals surface area contributed by atoms with Crippen molar-refractivity contribution >= 4 is 5.97 Å². The van der Waals surface area contributed by atoms with Gasteiger partial charge in [-0.05, 0) is 30.7 Å². The highest BCUT2D eigenvalue weighted by Crippen LogP contribution is 2.23. The summed E-state index contributed by atoms with van der Waals surface area (Å²) in [6.45, 7) is 2.27. The van der Waals surface area contributed by atoms with Crippen LogP contribution in [0.25, 0.3) is 11.3 Å². The van der Waals surface area contributed by atoms with Crippen LogP contribution in [0.2, 0.25) is 0 Å². The van der Waals surface area contributed by atoms with Crippen LogP contribution in [0.3, 0.4) is 0 Å². The standard InChI is InChI=1S/C13H12F2N2O2/c1-2-5-17-12(13(18)19)7-11(16-17)9-6-8(14)3-4-10(9)15/h3-4,6-7H,2,5H2,1H3,(H,18,19). The molecule has 4 nitrogen and oxygen atoms in total. The summed E-state index contributed by atoms with van der Waals surface area (Å²) < 4.78 is 28.0. The summed E-state index contributed by atoms with van der Waals surface area (Å²) in [6.07, 6.45) is 0.688. The molecule has 100 valence electrons. The molecule has 0 atom stereocenters. The molecule has 1 aromatic carbocycles. The third-order valence-corrected chi connectivity index (χ3v) is 2.64. The van der Waals surface area contributed by atoms with E-state index in [1.54, 1.807) is 0 Å². The lowest BCUT2D eigenvalue weighted by molar-refractivity contribution is 0.0683. The van der Waals surface area contributed by atoms with Crippen molar-refractivity contribution in [2.75, 3.05) is 0 Å². The van der Waals surface area contributed by atoms with E-state index in [-0.39, 0.29) is 17.0 Å². The number of hydrogen-bond acceptors (Lipinski definition) is 2. The van der Waals surface area contributed by atoms with E-state index in [2.05, 4.69) is 5.10 Å². The van der Waals surface area contributed by atoms with Crippen LogP contribution in [0.5, 0.6) is 0 Å². The smallest absolute Gasteiger partial charge is 0.354 e. The van der Waals surface area contributed by atoms with Crippen molar-refractivity contribution in [2.24, 2.45) is 0 Å². The van der Waals surface area contributed by atoms with E-state index in [4.69, 9.17) is 5.11 Å². The van der Waals surface area contributed by atoms with Crippen LogP contribution in [0.1, 0.15) is 23.8 Å². The van der Waals surface area contributed by atoms with Gasteiger partial charge in [0, 0.05) is 12.1 Å². The first-order valence-corrected chi connectivity index (χ1v) is 5.79. The van der Waals surface area contributed by atoms with Crippen LogP contribution in [-0.4, -0.2) is 20.9 Å². The molecule has 2 aromatic rings. The Morgan fingerprint density at radius 2 is 2.11 bits per heavy atom. The van der Waals surface area contributed by atoms with Gasteiger partial charge >= 0.3 is 5.97 Å². The minimum absolute atomic E-state index is 0.0412. The molecule has 6 heteroatoms. The van der Waals surface area contributed by atoms with Crippen molar-refractivity contribution in [1.82, 2.24) is 9.78 Å². The number of carboxylic acids is 1. The lowest BCUT2D eigenvalue weighted by atomic mass is 10.1. The zero-order valence-electron chi connectivity index (χ0n) is 10.2. The van der Waals surface area contributed by atoms with Crippen LogP contribution in [0.4, 0.5) is 8.78 Å². The maximum Gasteiger partial charge on any atom is 0.354 e. The van der Waals surface area contributed by atoms with Crippen LogP contribution >= 0.6 is 0 Å². The fraction of sp³-hybridized carbons (Fsp3) is 0.231. The first-order chi connectivity index (χ1) is 9.02. The van der Waals surface area contributed by atoms with Gasteiger partial charge in [0.15, 0.2) is 0 Å². The molecule has 0 unspecified atom stereocenters. The summed E-state index contributed by atoms with van der Waals surface area (Å²) >= 11 is 0. The minimum atomic E-state index is -1.15. The molecule has 0 aliphatic heterocycles. The predicted octanol–water partition coefficient (Wildman–Crippen LogP) is 2.94. The van der Waals surface area contributed by atoms with Gasteiger partial charge in [-0.15, -0.1) is 0 Å². The second-order valence-electron chi connectivity index (χ2n) is 4.07. The highest BCUT2D eigenvalue weighted by Gasteiger charge is 2.17. The predicted molar refractivity (Wildman–Crippen MR) is 64.8 cm³/mol. The van der Waals surface area contributed by atoms with Gasteiger partial charge in [0.2, 0.25) is 0 Å². The van der Waals surface area contributed by atoms with Crippen molar-refractivity contribution in [1.29, 1.82) is 0 Å². The number of carboxylic acid groups (broad SMARTS) is 1. The molecule has 0 aliphatic rings. The van der Waals surface area contributed by atoms with E-state index in [1.165, 1.54) is 10.7 Å². The number of hydrogen-bond donors (Lipinski definition) is 1. The third-order valence-electron chi connectivity index (χ3n) is 2.64. The SMILES string of the molecule is CCCn1nc(-c2cc(F)ccc2F)cc1C(=O)O. The molecule has 0 bridgehead atoms. The zero-order valence-corrected chi connectivity index (χ0v) is 10.2. The highest BCUT2D eigenvalue weighted by atomic mass is 19.1. The van der Waals surface area contributed by atoms with Crippen molar-refractivity contribution in [3.8, 4) is 11.3 Å². The summed E-state index contributed by atoms with van der Waals surface area (Å²) in [5.41, 5.74) is 0.0284. The Bertz CT molecular complexity index is 623. The Morgan fingerprint density at radius 1 is 1.37 bits per heavy atom. The summed E-state index contributed by atoms with van der Waals surface area (Å²) in [6, 6.07) is 4.24. The average molecular weight is 266 g/mol. The number of carbonyl (C=O) groups is 1. The Hall–Kier alpha value is -2.24. The summed E-state index contributed by atoms with van der Waals surface area (Å²) in [7, 11) is 0. The molecule has 19 heavy (non-hydrogen) atoms. The van der Waals surface area contributed by atoms with Gasteiger partial charge in [-0.3, -0.25) is 4.68 Å². The van der Waals surface area contributed by atoms with Gasteiger partial charge in [0.1, 0.15) is 17.3 Å². The second-order valence-corrected chi connectivity index (χ2v) is 4.07. The number of aromatic nitrogens is 2. The number of halogens is 2. The molecular weight excluding hydrogens is 254 g/mol. The minimum Gasteiger partial charge on any atom is -0.477 e. The molecule has 0 aliphatic carbocycles. The number of aromatic carboxylic acids is 1. The first kappa shape index (κ1) is 13.2. The molecule has 0 spiro atoms. The molecular formula is C13H12F2N2O2. The fourth-order valence-corrected chi connectivity index (χ4v) is 1.80. The van der Waals surface area contributed by atoms with Crippen LogP contribution in [0, 0.1) is 11.6 Å². The molecule has 1 aromatic heterocycles.